The minimum absolute atomic E-state index is 0.536. The Bertz CT molecular complexity index is 519. The molecule has 2 aromatic heterocycles. The van der Waals surface area contributed by atoms with Gasteiger partial charge in [-0.25, -0.2) is 0 Å². The lowest BCUT2D eigenvalue weighted by molar-refractivity contribution is 0.171. The molecule has 0 aliphatic heterocycles. The van der Waals surface area contributed by atoms with Crippen LogP contribution in [0.25, 0.3) is 0 Å². The van der Waals surface area contributed by atoms with Crippen LogP contribution in [0.3, 0.4) is 0 Å². The zero-order valence-corrected chi connectivity index (χ0v) is 10.4. The molecular weight excluding hydrogens is 214 g/mol. The fourth-order valence-corrected chi connectivity index (χ4v) is 1.90. The maximum absolute atomic E-state index is 10.1. The number of rotatable bonds is 3. The predicted octanol–water partition coefficient (Wildman–Crippen LogP) is 1.71. The van der Waals surface area contributed by atoms with Crippen molar-refractivity contribution in [3.63, 3.8) is 0 Å². The fourth-order valence-electron chi connectivity index (χ4n) is 1.90. The molecule has 0 radical (unpaired) electrons. The lowest BCUT2D eigenvalue weighted by Crippen LogP contribution is -2.08. The van der Waals surface area contributed by atoms with Crippen molar-refractivity contribution >= 4 is 0 Å². The van der Waals surface area contributed by atoms with Crippen molar-refractivity contribution in [2.24, 2.45) is 7.05 Å². The highest BCUT2D eigenvalue weighted by atomic mass is 16.3. The van der Waals surface area contributed by atoms with E-state index in [9.17, 15) is 5.11 Å². The molecule has 0 bridgehead atoms. The summed E-state index contributed by atoms with van der Waals surface area (Å²) in [5, 5.41) is 14.4. The molecule has 0 fully saturated rings. The van der Waals surface area contributed by atoms with Crippen LogP contribution in [-0.2, 0) is 13.5 Å². The predicted molar refractivity (Wildman–Crippen MR) is 65.6 cm³/mol. The van der Waals surface area contributed by atoms with Gasteiger partial charge in [0.2, 0.25) is 0 Å². The lowest BCUT2D eigenvalue weighted by atomic mass is 10.1. The number of nitrogens with zero attached hydrogens (tertiary/aromatic N) is 3. The van der Waals surface area contributed by atoms with Crippen molar-refractivity contribution in [1.82, 2.24) is 14.8 Å². The summed E-state index contributed by atoms with van der Waals surface area (Å²) in [4.78, 5) is 4.19. The Labute approximate surface area is 101 Å². The van der Waals surface area contributed by atoms with E-state index in [1.54, 1.807) is 10.9 Å². The standard InChI is InChI=1S/C13H17N3O/c1-9-4-5-14-12(6-9)13(17)8-11-7-10(2)15-16(11)3/h4-7,13,17H,8H2,1-3H3. The smallest absolute Gasteiger partial charge is 0.101 e. The summed E-state index contributed by atoms with van der Waals surface area (Å²) in [7, 11) is 1.89. The van der Waals surface area contributed by atoms with Gasteiger partial charge in [0.15, 0.2) is 0 Å². The van der Waals surface area contributed by atoms with Crippen LogP contribution < -0.4 is 0 Å². The quantitative estimate of drug-likeness (QED) is 0.874. The first-order valence-electron chi connectivity index (χ1n) is 5.66. The molecular formula is C13H17N3O. The highest BCUT2D eigenvalue weighted by Gasteiger charge is 2.13. The highest BCUT2D eigenvalue weighted by molar-refractivity contribution is 5.18. The Morgan fingerprint density at radius 2 is 2.12 bits per heavy atom. The van der Waals surface area contributed by atoms with Gasteiger partial charge >= 0.3 is 0 Å². The lowest BCUT2D eigenvalue weighted by Gasteiger charge is -2.10. The number of hydrogen-bond acceptors (Lipinski definition) is 3. The molecule has 90 valence electrons. The molecule has 4 nitrogen and oxygen atoms in total. The third kappa shape index (κ3) is 2.71. The summed E-state index contributed by atoms with van der Waals surface area (Å²) in [6.45, 7) is 3.94. The normalized spacial score (nSPS) is 12.7. The molecule has 0 saturated heterocycles. The zero-order valence-electron chi connectivity index (χ0n) is 10.4. The van der Waals surface area contributed by atoms with Crippen LogP contribution in [0.4, 0.5) is 0 Å². The van der Waals surface area contributed by atoms with Crippen molar-refractivity contribution in [3.8, 4) is 0 Å². The molecule has 4 heteroatoms. The molecule has 0 saturated carbocycles. The van der Waals surface area contributed by atoms with Crippen LogP contribution in [0.1, 0.15) is 28.7 Å². The SMILES string of the molecule is Cc1ccnc(C(O)Cc2cc(C)nn2C)c1. The summed E-state index contributed by atoms with van der Waals surface area (Å²) < 4.78 is 1.80. The summed E-state index contributed by atoms with van der Waals surface area (Å²) in [6.07, 6.45) is 1.68. The Balaban J connectivity index is 2.16. The Morgan fingerprint density at radius 3 is 2.71 bits per heavy atom. The molecule has 1 unspecified atom stereocenters. The number of hydrogen-bond donors (Lipinski definition) is 1. The van der Waals surface area contributed by atoms with E-state index in [1.807, 2.05) is 39.1 Å². The Hall–Kier alpha value is -1.68. The summed E-state index contributed by atoms with van der Waals surface area (Å²) >= 11 is 0. The van der Waals surface area contributed by atoms with Crippen molar-refractivity contribution < 1.29 is 5.11 Å². The van der Waals surface area contributed by atoms with Crippen LogP contribution in [0.15, 0.2) is 24.4 Å². The van der Waals surface area contributed by atoms with E-state index in [-0.39, 0.29) is 0 Å². The first-order valence-corrected chi connectivity index (χ1v) is 5.66. The Morgan fingerprint density at radius 1 is 1.35 bits per heavy atom. The number of aromatic nitrogens is 3. The zero-order chi connectivity index (χ0) is 12.4. The largest absolute Gasteiger partial charge is 0.386 e. The van der Waals surface area contributed by atoms with Gasteiger partial charge in [-0.2, -0.15) is 5.10 Å². The van der Waals surface area contributed by atoms with E-state index in [0.29, 0.717) is 12.1 Å². The van der Waals surface area contributed by atoms with Gasteiger partial charge in [-0.15, -0.1) is 0 Å². The molecule has 17 heavy (non-hydrogen) atoms. The number of aryl methyl sites for hydroxylation is 3. The van der Waals surface area contributed by atoms with Gasteiger partial charge in [0.25, 0.3) is 0 Å². The second-order valence-electron chi connectivity index (χ2n) is 4.38. The van der Waals surface area contributed by atoms with Crippen LogP contribution >= 0.6 is 0 Å². The molecule has 1 atom stereocenters. The Kier molecular flexibility index (Phi) is 3.24. The molecule has 0 spiro atoms. The average molecular weight is 231 g/mol. The van der Waals surface area contributed by atoms with E-state index >= 15 is 0 Å². The van der Waals surface area contributed by atoms with Crippen LogP contribution in [0.5, 0.6) is 0 Å². The fraction of sp³-hybridized carbons (Fsp3) is 0.385. The van der Waals surface area contributed by atoms with E-state index in [0.717, 1.165) is 17.0 Å². The number of pyridine rings is 1. The van der Waals surface area contributed by atoms with Gasteiger partial charge in [0.05, 0.1) is 11.4 Å². The third-order valence-electron chi connectivity index (χ3n) is 2.78. The topological polar surface area (TPSA) is 50.9 Å². The molecule has 2 heterocycles. The van der Waals surface area contributed by atoms with Crippen molar-refractivity contribution in [2.45, 2.75) is 26.4 Å². The summed E-state index contributed by atoms with van der Waals surface area (Å²) in [5.74, 6) is 0. The van der Waals surface area contributed by atoms with E-state index in [2.05, 4.69) is 10.1 Å². The molecule has 0 aliphatic rings. The first-order chi connectivity index (χ1) is 8.06. The van der Waals surface area contributed by atoms with Gasteiger partial charge in [-0.05, 0) is 37.6 Å². The van der Waals surface area contributed by atoms with Crippen LogP contribution in [0, 0.1) is 13.8 Å². The van der Waals surface area contributed by atoms with Gasteiger partial charge in [0, 0.05) is 25.4 Å². The first kappa shape index (κ1) is 11.8. The number of aliphatic hydroxyl groups excluding tert-OH is 1. The second kappa shape index (κ2) is 4.67. The molecule has 2 aromatic rings. The molecule has 2 rings (SSSR count). The minimum Gasteiger partial charge on any atom is -0.386 e. The molecule has 1 N–H and O–H groups in total. The molecule has 0 aromatic carbocycles. The highest BCUT2D eigenvalue weighted by Crippen LogP contribution is 2.17. The van der Waals surface area contributed by atoms with Gasteiger partial charge < -0.3 is 5.11 Å². The van der Waals surface area contributed by atoms with Crippen molar-refractivity contribution in [1.29, 1.82) is 0 Å². The van der Waals surface area contributed by atoms with E-state index < -0.39 is 6.10 Å². The summed E-state index contributed by atoms with van der Waals surface area (Å²) in [5.41, 5.74) is 3.80. The minimum atomic E-state index is -0.579. The second-order valence-corrected chi connectivity index (χ2v) is 4.38. The molecule has 0 aliphatic carbocycles. The number of aliphatic hydroxyl groups is 1. The van der Waals surface area contributed by atoms with Crippen molar-refractivity contribution in [3.05, 3.63) is 47.0 Å². The van der Waals surface area contributed by atoms with Crippen LogP contribution in [0.2, 0.25) is 0 Å². The van der Waals surface area contributed by atoms with E-state index in [1.165, 1.54) is 0 Å². The van der Waals surface area contributed by atoms with E-state index in [4.69, 9.17) is 0 Å². The maximum Gasteiger partial charge on any atom is 0.101 e. The summed E-state index contributed by atoms with van der Waals surface area (Å²) in [6, 6.07) is 5.82. The maximum atomic E-state index is 10.1. The van der Waals surface area contributed by atoms with Gasteiger partial charge in [0.1, 0.15) is 6.10 Å². The van der Waals surface area contributed by atoms with Crippen LogP contribution in [-0.4, -0.2) is 19.9 Å². The van der Waals surface area contributed by atoms with Gasteiger partial charge in [-0.1, -0.05) is 0 Å². The molecule has 0 amide bonds. The third-order valence-corrected chi connectivity index (χ3v) is 2.78. The monoisotopic (exact) mass is 231 g/mol. The van der Waals surface area contributed by atoms with Crippen molar-refractivity contribution in [2.75, 3.05) is 0 Å². The average Bonchev–Trinajstić information content (AvgIpc) is 2.57. The van der Waals surface area contributed by atoms with Gasteiger partial charge in [-0.3, -0.25) is 9.67 Å².